The fraction of sp³-hybridized carbons (Fsp3) is 0.750. The quantitative estimate of drug-likeness (QED) is 0.350. The van der Waals surface area contributed by atoms with Crippen molar-refractivity contribution in [2.75, 3.05) is 7.11 Å². The molecule has 23 heavy (non-hydrogen) atoms. The molecule has 0 aromatic carbocycles. The average Bonchev–Trinajstić information content (AvgIpc) is 3.16. The topological polar surface area (TPSA) is 57.4 Å². The van der Waals surface area contributed by atoms with Crippen molar-refractivity contribution in [3.05, 3.63) is 12.2 Å². The van der Waals surface area contributed by atoms with Crippen molar-refractivity contribution in [1.29, 1.82) is 0 Å². The number of ether oxygens (including phenoxy) is 1. The number of fused-ring (bicyclic) bond motifs is 2. The monoisotopic (exact) mass is 354 g/mol. The first-order chi connectivity index (χ1) is 11.2. The van der Waals surface area contributed by atoms with Gasteiger partial charge in [0.1, 0.15) is 0 Å². The Balaban J connectivity index is 1.37. The van der Waals surface area contributed by atoms with E-state index < -0.39 is 0 Å². The standard InChI is InChI=1S/C16H26N4OS2/c1-21-14-5-3-2-4-12(14)17-15(22)19-20-16(23)18-13-9-10-6-7-11(13)8-10/h6-7,10-14H,2-5,8-9H2,1H3,(H2,17,19,22)(H2,18,20,23). The lowest BCUT2D eigenvalue weighted by Gasteiger charge is -2.32. The van der Waals surface area contributed by atoms with Crippen LogP contribution in [-0.4, -0.2) is 35.5 Å². The van der Waals surface area contributed by atoms with Gasteiger partial charge in [-0.1, -0.05) is 25.0 Å². The molecule has 0 aliphatic heterocycles. The van der Waals surface area contributed by atoms with Gasteiger partial charge in [-0.3, -0.25) is 10.9 Å². The molecule has 0 aromatic heterocycles. The first-order valence-electron chi connectivity index (χ1n) is 8.50. The number of hydrogen-bond acceptors (Lipinski definition) is 3. The maximum absolute atomic E-state index is 5.53. The van der Waals surface area contributed by atoms with Crippen molar-refractivity contribution in [3.63, 3.8) is 0 Å². The lowest BCUT2D eigenvalue weighted by atomic mass is 9.92. The molecule has 5 unspecified atom stereocenters. The van der Waals surface area contributed by atoms with Crippen LogP contribution in [0.3, 0.4) is 0 Å². The highest BCUT2D eigenvalue weighted by molar-refractivity contribution is 7.80. The average molecular weight is 355 g/mol. The summed E-state index contributed by atoms with van der Waals surface area (Å²) in [5.41, 5.74) is 5.98. The molecule has 0 spiro atoms. The number of hydrazine groups is 1. The molecule has 0 saturated heterocycles. The Bertz CT molecular complexity index is 485. The highest BCUT2D eigenvalue weighted by Gasteiger charge is 2.35. The number of thiocarbonyl (C=S) groups is 2. The molecule has 3 aliphatic rings. The van der Waals surface area contributed by atoms with E-state index in [1.807, 2.05) is 0 Å². The third-order valence-corrected chi connectivity index (χ3v) is 5.65. The van der Waals surface area contributed by atoms with Crippen molar-refractivity contribution < 1.29 is 4.74 Å². The summed E-state index contributed by atoms with van der Waals surface area (Å²) in [5, 5.41) is 7.88. The fourth-order valence-electron chi connectivity index (χ4n) is 4.01. The van der Waals surface area contributed by atoms with Gasteiger partial charge in [0.2, 0.25) is 0 Å². The van der Waals surface area contributed by atoms with Crippen LogP contribution >= 0.6 is 24.4 Å². The van der Waals surface area contributed by atoms with Gasteiger partial charge in [-0.2, -0.15) is 0 Å². The summed E-state index contributed by atoms with van der Waals surface area (Å²) in [6.07, 6.45) is 11.9. The molecule has 3 aliphatic carbocycles. The first-order valence-corrected chi connectivity index (χ1v) is 9.31. The van der Waals surface area contributed by atoms with E-state index in [0.717, 1.165) is 18.8 Å². The van der Waals surface area contributed by atoms with E-state index >= 15 is 0 Å². The minimum atomic E-state index is 0.231. The minimum Gasteiger partial charge on any atom is -0.379 e. The van der Waals surface area contributed by atoms with Crippen LogP contribution in [0.4, 0.5) is 0 Å². The zero-order valence-corrected chi connectivity index (χ0v) is 15.1. The maximum Gasteiger partial charge on any atom is 0.185 e. The van der Waals surface area contributed by atoms with E-state index in [1.54, 1.807) is 7.11 Å². The van der Waals surface area contributed by atoms with Crippen LogP contribution in [0.2, 0.25) is 0 Å². The van der Waals surface area contributed by atoms with Crippen LogP contribution < -0.4 is 21.5 Å². The van der Waals surface area contributed by atoms with E-state index in [1.165, 1.54) is 25.7 Å². The van der Waals surface area contributed by atoms with E-state index in [0.29, 0.717) is 22.2 Å². The summed E-state index contributed by atoms with van der Waals surface area (Å²) in [6, 6.07) is 0.720. The van der Waals surface area contributed by atoms with Gasteiger partial charge in [-0.15, -0.1) is 0 Å². The molecule has 5 nitrogen and oxygen atoms in total. The second kappa shape index (κ2) is 7.77. The summed E-state index contributed by atoms with van der Waals surface area (Å²) in [5.74, 6) is 1.35. The Kier molecular flexibility index (Phi) is 5.71. The second-order valence-electron chi connectivity index (χ2n) is 6.75. The molecule has 2 bridgehead atoms. The number of methoxy groups -OCH3 is 1. The van der Waals surface area contributed by atoms with Crippen molar-refractivity contribution >= 4 is 34.7 Å². The van der Waals surface area contributed by atoms with Gasteiger partial charge in [0.05, 0.1) is 12.1 Å². The Morgan fingerprint density at radius 1 is 0.957 bits per heavy atom. The maximum atomic E-state index is 5.53. The molecule has 3 rings (SSSR count). The molecule has 0 heterocycles. The van der Waals surface area contributed by atoms with Gasteiger partial charge < -0.3 is 15.4 Å². The normalized spacial score (nSPS) is 34.9. The molecule has 128 valence electrons. The predicted octanol–water partition coefficient (Wildman–Crippen LogP) is 1.75. The zero-order chi connectivity index (χ0) is 16.2. The third-order valence-electron chi connectivity index (χ3n) is 5.21. The van der Waals surface area contributed by atoms with Crippen molar-refractivity contribution in [1.82, 2.24) is 21.5 Å². The first kappa shape index (κ1) is 16.9. The molecule has 0 radical (unpaired) electrons. The fourth-order valence-corrected chi connectivity index (χ4v) is 4.42. The molecule has 2 saturated carbocycles. The van der Waals surface area contributed by atoms with Crippen LogP contribution in [0.1, 0.15) is 38.5 Å². The van der Waals surface area contributed by atoms with Gasteiger partial charge in [-0.25, -0.2) is 0 Å². The molecular formula is C16H26N4OS2. The van der Waals surface area contributed by atoms with E-state index in [4.69, 9.17) is 29.2 Å². The highest BCUT2D eigenvalue weighted by atomic mass is 32.1. The van der Waals surface area contributed by atoms with Gasteiger partial charge in [0.15, 0.2) is 10.2 Å². The SMILES string of the molecule is COC1CCCCC1NC(=S)NNC(=S)NC1CC2C=CC1C2. The van der Waals surface area contributed by atoms with Crippen LogP contribution in [-0.2, 0) is 4.74 Å². The summed E-state index contributed by atoms with van der Waals surface area (Å²) >= 11 is 10.7. The molecular weight excluding hydrogens is 328 g/mol. The van der Waals surface area contributed by atoms with Crippen molar-refractivity contribution in [2.24, 2.45) is 11.8 Å². The van der Waals surface area contributed by atoms with Gasteiger partial charge in [0, 0.05) is 13.2 Å². The van der Waals surface area contributed by atoms with E-state index in [2.05, 4.69) is 33.6 Å². The van der Waals surface area contributed by atoms with Crippen LogP contribution in [0, 0.1) is 11.8 Å². The number of hydrogen-bond donors (Lipinski definition) is 4. The Morgan fingerprint density at radius 3 is 2.26 bits per heavy atom. The lowest BCUT2D eigenvalue weighted by Crippen LogP contribution is -2.56. The van der Waals surface area contributed by atoms with Crippen LogP contribution in [0.25, 0.3) is 0 Å². The van der Waals surface area contributed by atoms with Crippen LogP contribution in [0.15, 0.2) is 12.2 Å². The second-order valence-corrected chi connectivity index (χ2v) is 7.57. The van der Waals surface area contributed by atoms with Crippen LogP contribution in [0.5, 0.6) is 0 Å². The van der Waals surface area contributed by atoms with Crippen molar-refractivity contribution in [2.45, 2.75) is 56.7 Å². The number of allylic oxidation sites excluding steroid dienone is 1. The van der Waals surface area contributed by atoms with Gasteiger partial charge in [0.25, 0.3) is 0 Å². The molecule has 5 atom stereocenters. The molecule has 0 aromatic rings. The Morgan fingerprint density at radius 2 is 1.65 bits per heavy atom. The summed E-state index contributed by atoms with van der Waals surface area (Å²) < 4.78 is 5.53. The van der Waals surface area contributed by atoms with Crippen molar-refractivity contribution in [3.8, 4) is 0 Å². The van der Waals surface area contributed by atoms with E-state index in [9.17, 15) is 0 Å². The third kappa shape index (κ3) is 4.33. The summed E-state index contributed by atoms with van der Waals surface area (Å²) in [4.78, 5) is 0. The zero-order valence-electron chi connectivity index (χ0n) is 13.5. The lowest BCUT2D eigenvalue weighted by molar-refractivity contribution is 0.0481. The largest absolute Gasteiger partial charge is 0.379 e. The number of nitrogens with one attached hydrogen (secondary N) is 4. The molecule has 0 amide bonds. The van der Waals surface area contributed by atoms with Gasteiger partial charge >= 0.3 is 0 Å². The highest BCUT2D eigenvalue weighted by Crippen LogP contribution is 2.38. The molecule has 4 N–H and O–H groups in total. The van der Waals surface area contributed by atoms with E-state index in [-0.39, 0.29) is 12.1 Å². The van der Waals surface area contributed by atoms with Gasteiger partial charge in [-0.05, 0) is 62.0 Å². The molecule has 2 fully saturated rings. The number of rotatable bonds is 3. The summed E-state index contributed by atoms with van der Waals surface area (Å²) in [7, 11) is 1.77. The molecule has 7 heteroatoms. The smallest absolute Gasteiger partial charge is 0.185 e. The predicted molar refractivity (Wildman–Crippen MR) is 99.9 cm³/mol. The minimum absolute atomic E-state index is 0.231. The summed E-state index contributed by atoms with van der Waals surface area (Å²) in [6.45, 7) is 0. The Hall–Kier alpha value is -0.920. The Labute approximate surface area is 149 Å².